The first kappa shape index (κ1) is 14.8. The highest BCUT2D eigenvalue weighted by molar-refractivity contribution is 6.47. The van der Waals surface area contributed by atoms with E-state index in [1.807, 2.05) is 0 Å². The first-order valence-electron chi connectivity index (χ1n) is 6.42. The van der Waals surface area contributed by atoms with E-state index < -0.39 is 0 Å². The molecule has 18 heavy (non-hydrogen) atoms. The van der Waals surface area contributed by atoms with Crippen LogP contribution in [0.5, 0.6) is 0 Å². The van der Waals surface area contributed by atoms with Crippen LogP contribution in [-0.2, 0) is 0 Å². The van der Waals surface area contributed by atoms with Gasteiger partial charge in [0.05, 0.1) is 0 Å². The number of anilines is 2. The molecule has 0 atom stereocenters. The minimum Gasteiger partial charge on any atom is -0.412 e. The Hall–Kier alpha value is -1.27. The van der Waals surface area contributed by atoms with Gasteiger partial charge in [0.1, 0.15) is 19.4 Å². The molecule has 0 aliphatic heterocycles. The van der Waals surface area contributed by atoms with Gasteiger partial charge in [-0.1, -0.05) is 22.5 Å². The number of benzene rings is 1. The van der Waals surface area contributed by atoms with E-state index in [-0.39, 0.29) is 19.4 Å². The van der Waals surface area contributed by atoms with E-state index in [1.54, 1.807) is 0 Å². The lowest BCUT2D eigenvalue weighted by Crippen LogP contribution is -2.05. The van der Waals surface area contributed by atoms with Gasteiger partial charge in [0.15, 0.2) is 0 Å². The Morgan fingerprint density at radius 1 is 0.778 bits per heavy atom. The molecule has 0 saturated carbocycles. The molecule has 0 bridgehead atoms. The van der Waals surface area contributed by atoms with Gasteiger partial charge in [-0.25, -0.2) is 0 Å². The molecule has 98 valence electrons. The Labute approximate surface area is 115 Å². The summed E-state index contributed by atoms with van der Waals surface area (Å²) in [6, 6.07) is 8.63. The molecule has 2 N–H and O–H groups in total. The molecule has 0 saturated heterocycles. The van der Waals surface area contributed by atoms with Crippen LogP contribution in [0, 0.1) is 0 Å². The summed E-state index contributed by atoms with van der Waals surface area (Å²) in [4.78, 5) is 7.02. The van der Waals surface area contributed by atoms with Crippen LogP contribution in [0.4, 0.5) is 11.4 Å². The van der Waals surface area contributed by atoms with Gasteiger partial charge in [-0.05, 0) is 52.0 Å². The zero-order valence-electron chi connectivity index (χ0n) is 11.9. The monoisotopic (exact) mass is 276 g/mol. The normalized spacial score (nSPS) is 10.9. The Morgan fingerprint density at radius 2 is 1.11 bits per heavy atom. The summed E-state index contributed by atoms with van der Waals surface area (Å²) in [5.74, 6) is 0. The van der Waals surface area contributed by atoms with Crippen molar-refractivity contribution in [3.8, 4) is 0 Å². The topological polar surface area (TPSA) is 24.1 Å². The average Bonchev–Trinajstić information content (AvgIpc) is 2.30. The lowest BCUT2D eigenvalue weighted by molar-refractivity contribution is 1.41. The molecule has 0 fully saturated rings. The summed E-state index contributed by atoms with van der Waals surface area (Å²) < 4.78 is 0. The van der Waals surface area contributed by atoms with Crippen molar-refractivity contribution in [2.75, 3.05) is 9.96 Å². The van der Waals surface area contributed by atoms with Crippen LogP contribution in [0.15, 0.2) is 46.8 Å². The molecule has 0 amide bonds. The highest BCUT2D eigenvalue weighted by Gasteiger charge is 1.92. The maximum atomic E-state index is 3.51. The van der Waals surface area contributed by atoms with E-state index in [9.17, 15) is 0 Å². The van der Waals surface area contributed by atoms with Crippen molar-refractivity contribution in [1.82, 2.24) is 0 Å². The van der Waals surface area contributed by atoms with Crippen molar-refractivity contribution in [2.45, 2.75) is 27.7 Å². The first-order valence-corrected chi connectivity index (χ1v) is 9.47. The zero-order chi connectivity index (χ0) is 13.4. The van der Waals surface area contributed by atoms with E-state index in [2.05, 4.69) is 73.3 Å². The molecule has 0 heterocycles. The van der Waals surface area contributed by atoms with E-state index >= 15 is 0 Å². The standard InChI is InChI=1S/C14H24N2Si2/c1-11(2)9-17-15-13-5-7-14(8-6-13)16-18-10-12(3)4/h5-10,15-16H,17-18H2,1-4H3. The highest BCUT2D eigenvalue weighted by atomic mass is 28.2. The van der Waals surface area contributed by atoms with Crippen molar-refractivity contribution in [1.29, 1.82) is 0 Å². The smallest absolute Gasteiger partial charge is 0.145 e. The molecule has 1 aromatic carbocycles. The van der Waals surface area contributed by atoms with E-state index in [1.165, 1.54) is 22.5 Å². The van der Waals surface area contributed by atoms with E-state index in [4.69, 9.17) is 0 Å². The van der Waals surface area contributed by atoms with Gasteiger partial charge in [-0.2, -0.15) is 0 Å². The predicted molar refractivity (Wildman–Crippen MR) is 89.6 cm³/mol. The molecule has 0 unspecified atom stereocenters. The minimum absolute atomic E-state index is 0.307. The Bertz CT molecular complexity index is 373. The molecule has 2 nitrogen and oxygen atoms in total. The van der Waals surface area contributed by atoms with Crippen LogP contribution in [-0.4, -0.2) is 19.4 Å². The highest BCUT2D eigenvalue weighted by Crippen LogP contribution is 2.12. The molecular weight excluding hydrogens is 252 g/mol. The Kier molecular flexibility index (Phi) is 6.53. The molecule has 0 aliphatic carbocycles. The van der Waals surface area contributed by atoms with Gasteiger partial charge in [0.25, 0.3) is 0 Å². The molecule has 0 spiro atoms. The third-order valence-corrected chi connectivity index (χ3v) is 5.78. The lowest BCUT2D eigenvalue weighted by atomic mass is 10.3. The van der Waals surface area contributed by atoms with Crippen LogP contribution >= 0.6 is 0 Å². The van der Waals surface area contributed by atoms with Crippen molar-refractivity contribution >= 4 is 30.7 Å². The summed E-state index contributed by atoms with van der Waals surface area (Å²) in [7, 11) is -0.613. The van der Waals surface area contributed by atoms with Gasteiger partial charge in [0.2, 0.25) is 0 Å². The SMILES string of the molecule is CC(C)=C[SiH2]Nc1ccc(N[SiH2]C=C(C)C)cc1. The predicted octanol–water partition coefficient (Wildman–Crippen LogP) is 2.53. The number of nitrogens with one attached hydrogen (secondary N) is 2. The molecule has 0 radical (unpaired) electrons. The van der Waals surface area contributed by atoms with Crippen LogP contribution in [0.1, 0.15) is 27.7 Å². The van der Waals surface area contributed by atoms with Gasteiger partial charge in [-0.3, -0.25) is 0 Å². The van der Waals surface area contributed by atoms with Crippen molar-refractivity contribution in [3.63, 3.8) is 0 Å². The second-order valence-corrected chi connectivity index (χ2v) is 7.24. The summed E-state index contributed by atoms with van der Waals surface area (Å²) in [5, 5.41) is 0. The summed E-state index contributed by atoms with van der Waals surface area (Å²) in [6.07, 6.45) is 0. The third-order valence-electron chi connectivity index (χ3n) is 2.52. The van der Waals surface area contributed by atoms with Gasteiger partial charge < -0.3 is 9.96 Å². The quantitative estimate of drug-likeness (QED) is 0.780. The van der Waals surface area contributed by atoms with Crippen LogP contribution in [0.3, 0.4) is 0 Å². The summed E-state index contributed by atoms with van der Waals surface area (Å²) >= 11 is 0. The maximum absolute atomic E-state index is 3.51. The average molecular weight is 277 g/mol. The fraction of sp³-hybridized carbons (Fsp3) is 0.286. The van der Waals surface area contributed by atoms with Crippen molar-refractivity contribution < 1.29 is 0 Å². The van der Waals surface area contributed by atoms with Gasteiger partial charge in [-0.15, -0.1) is 0 Å². The number of allylic oxidation sites excluding steroid dienone is 2. The molecule has 1 aromatic rings. The largest absolute Gasteiger partial charge is 0.412 e. The Morgan fingerprint density at radius 3 is 1.39 bits per heavy atom. The number of rotatable bonds is 6. The second kappa shape index (κ2) is 7.95. The Balaban J connectivity index is 2.42. The third kappa shape index (κ3) is 6.46. The maximum Gasteiger partial charge on any atom is 0.145 e. The van der Waals surface area contributed by atoms with E-state index in [0.29, 0.717) is 0 Å². The summed E-state index contributed by atoms with van der Waals surface area (Å²) in [6.45, 7) is 8.59. The van der Waals surface area contributed by atoms with E-state index in [0.717, 1.165) is 0 Å². The van der Waals surface area contributed by atoms with Gasteiger partial charge in [0, 0.05) is 11.4 Å². The molecular formula is C14H24N2Si2. The summed E-state index contributed by atoms with van der Waals surface area (Å²) in [5.41, 5.74) is 9.92. The van der Waals surface area contributed by atoms with Gasteiger partial charge >= 0.3 is 0 Å². The zero-order valence-corrected chi connectivity index (χ0v) is 14.7. The fourth-order valence-corrected chi connectivity index (χ4v) is 3.42. The minimum atomic E-state index is -0.307. The van der Waals surface area contributed by atoms with Crippen LogP contribution in [0.2, 0.25) is 0 Å². The molecule has 0 aromatic heterocycles. The number of hydrogen-bond donors (Lipinski definition) is 2. The second-order valence-electron chi connectivity index (χ2n) is 4.90. The molecule has 1 rings (SSSR count). The molecule has 4 heteroatoms. The van der Waals surface area contributed by atoms with Crippen LogP contribution in [0.25, 0.3) is 0 Å². The van der Waals surface area contributed by atoms with Crippen LogP contribution < -0.4 is 9.96 Å². The lowest BCUT2D eigenvalue weighted by Gasteiger charge is -2.07. The number of hydrogen-bond acceptors (Lipinski definition) is 2. The van der Waals surface area contributed by atoms with Crippen molar-refractivity contribution in [3.05, 3.63) is 46.8 Å². The fourth-order valence-electron chi connectivity index (χ4n) is 1.45. The molecule has 0 aliphatic rings. The first-order chi connectivity index (χ1) is 8.58. The van der Waals surface area contributed by atoms with Crippen molar-refractivity contribution in [2.24, 2.45) is 0 Å².